The van der Waals surface area contributed by atoms with Crippen molar-refractivity contribution in [2.24, 2.45) is 0 Å². The van der Waals surface area contributed by atoms with Gasteiger partial charge in [-0.25, -0.2) is 0 Å². The van der Waals surface area contributed by atoms with Crippen LogP contribution >= 0.6 is 0 Å². The Hall–Kier alpha value is -0.683. The molecule has 20 heavy (non-hydrogen) atoms. The van der Waals surface area contributed by atoms with Crippen molar-refractivity contribution in [2.45, 2.75) is 57.5 Å². The minimum atomic E-state index is -1.78. The number of hydrogen-bond acceptors (Lipinski definition) is 3. The first-order valence-corrected chi connectivity index (χ1v) is 10.1. The second kappa shape index (κ2) is 6.85. The van der Waals surface area contributed by atoms with Crippen LogP contribution < -0.4 is 0 Å². The molecule has 0 saturated heterocycles. The van der Waals surface area contributed by atoms with Gasteiger partial charge in [0.2, 0.25) is 0 Å². The minimum Gasteiger partial charge on any atom is -0.417 e. The van der Waals surface area contributed by atoms with Crippen LogP contribution in [0.1, 0.15) is 38.9 Å². The lowest BCUT2D eigenvalue weighted by Crippen LogP contribution is -2.41. The summed E-state index contributed by atoms with van der Waals surface area (Å²) in [7, 11) is -1.78. The van der Waals surface area contributed by atoms with Crippen LogP contribution in [-0.4, -0.2) is 31.2 Å². The number of aliphatic hydroxyl groups is 2. The zero-order valence-electron chi connectivity index (χ0n) is 13.3. The van der Waals surface area contributed by atoms with Crippen LogP contribution in [-0.2, 0) is 4.43 Å². The Bertz CT molecular complexity index is 398. The fourth-order valence-corrected chi connectivity index (χ4v) is 2.74. The highest BCUT2D eigenvalue weighted by atomic mass is 28.4. The summed E-state index contributed by atoms with van der Waals surface area (Å²) in [5, 5.41) is 20.3. The lowest BCUT2D eigenvalue weighted by atomic mass is 10.0. The summed E-state index contributed by atoms with van der Waals surface area (Å²) >= 11 is 0. The van der Waals surface area contributed by atoms with E-state index in [1.54, 1.807) is 0 Å². The number of rotatable bonds is 6. The normalized spacial score (nSPS) is 15.9. The van der Waals surface area contributed by atoms with Crippen LogP contribution in [0.5, 0.6) is 0 Å². The molecular formula is C16H28O3Si. The molecule has 1 aromatic rings. The van der Waals surface area contributed by atoms with Crippen molar-refractivity contribution in [3.63, 3.8) is 0 Å². The van der Waals surface area contributed by atoms with Gasteiger partial charge in [-0.3, -0.25) is 0 Å². The van der Waals surface area contributed by atoms with Crippen molar-refractivity contribution in [1.29, 1.82) is 0 Å². The predicted octanol–water partition coefficient (Wildman–Crippen LogP) is 3.49. The van der Waals surface area contributed by atoms with Crippen LogP contribution in [0.4, 0.5) is 0 Å². The highest BCUT2D eigenvalue weighted by molar-refractivity contribution is 6.74. The number of aliphatic hydroxyl groups excluding tert-OH is 2. The Morgan fingerprint density at radius 1 is 1.10 bits per heavy atom. The first-order chi connectivity index (χ1) is 9.15. The number of benzene rings is 1. The third-order valence-electron chi connectivity index (χ3n) is 4.19. The van der Waals surface area contributed by atoms with Crippen LogP contribution in [0.2, 0.25) is 18.1 Å². The average Bonchev–Trinajstić information content (AvgIpc) is 2.37. The monoisotopic (exact) mass is 296 g/mol. The summed E-state index contributed by atoms with van der Waals surface area (Å²) in [6.07, 6.45) is -1.19. The number of hydrogen-bond donors (Lipinski definition) is 2. The van der Waals surface area contributed by atoms with E-state index in [1.807, 2.05) is 30.3 Å². The van der Waals surface area contributed by atoms with Gasteiger partial charge < -0.3 is 14.6 Å². The van der Waals surface area contributed by atoms with Crippen LogP contribution in [0.25, 0.3) is 0 Å². The van der Waals surface area contributed by atoms with Gasteiger partial charge in [-0.2, -0.15) is 0 Å². The highest BCUT2D eigenvalue weighted by Crippen LogP contribution is 2.36. The fourth-order valence-electron chi connectivity index (χ4n) is 1.68. The van der Waals surface area contributed by atoms with E-state index in [0.29, 0.717) is 13.0 Å². The molecule has 0 unspecified atom stereocenters. The van der Waals surface area contributed by atoms with Gasteiger partial charge >= 0.3 is 0 Å². The van der Waals surface area contributed by atoms with Gasteiger partial charge in [0.05, 0.1) is 6.10 Å². The largest absolute Gasteiger partial charge is 0.417 e. The highest BCUT2D eigenvalue weighted by Gasteiger charge is 2.37. The maximum absolute atomic E-state index is 10.1. The van der Waals surface area contributed by atoms with E-state index in [1.165, 1.54) is 0 Å². The molecule has 0 fully saturated rings. The van der Waals surface area contributed by atoms with Crippen molar-refractivity contribution in [3.8, 4) is 0 Å². The van der Waals surface area contributed by atoms with Gasteiger partial charge in [0.1, 0.15) is 6.10 Å². The maximum Gasteiger partial charge on any atom is 0.191 e. The summed E-state index contributed by atoms with van der Waals surface area (Å²) < 4.78 is 6.02. The first-order valence-electron chi connectivity index (χ1n) is 7.20. The second-order valence-corrected chi connectivity index (χ2v) is 11.6. The SMILES string of the molecule is CC(C)(C)[Si](C)(C)OCC[C@H](O)[C@@H](O)c1ccccc1. The molecule has 0 heterocycles. The molecule has 1 rings (SSSR count). The molecule has 114 valence electrons. The summed E-state index contributed by atoms with van der Waals surface area (Å²) in [5.74, 6) is 0. The summed E-state index contributed by atoms with van der Waals surface area (Å²) in [5.41, 5.74) is 0.743. The van der Waals surface area contributed by atoms with Gasteiger partial charge in [0.25, 0.3) is 0 Å². The standard InChI is InChI=1S/C16H28O3Si/c1-16(2,3)20(4,5)19-12-11-14(17)15(18)13-9-7-6-8-10-13/h6-10,14-15,17-18H,11-12H2,1-5H3/t14-,15-/m0/s1. The van der Waals surface area contributed by atoms with Crippen molar-refractivity contribution < 1.29 is 14.6 Å². The first kappa shape index (κ1) is 17.4. The van der Waals surface area contributed by atoms with Gasteiger partial charge in [0, 0.05) is 6.61 Å². The Kier molecular flexibility index (Phi) is 5.95. The van der Waals surface area contributed by atoms with E-state index in [0.717, 1.165) is 5.56 Å². The van der Waals surface area contributed by atoms with E-state index in [9.17, 15) is 10.2 Å². The van der Waals surface area contributed by atoms with Crippen molar-refractivity contribution in [1.82, 2.24) is 0 Å². The molecule has 0 saturated carbocycles. The molecule has 2 atom stereocenters. The van der Waals surface area contributed by atoms with Crippen molar-refractivity contribution in [3.05, 3.63) is 35.9 Å². The zero-order chi connectivity index (χ0) is 15.4. The second-order valence-electron chi connectivity index (χ2n) is 6.82. The molecule has 0 aliphatic carbocycles. The molecule has 0 aliphatic rings. The molecule has 0 amide bonds. The molecule has 4 heteroatoms. The van der Waals surface area contributed by atoms with Gasteiger partial charge in [-0.15, -0.1) is 0 Å². The lowest BCUT2D eigenvalue weighted by Gasteiger charge is -2.36. The average molecular weight is 296 g/mol. The van der Waals surface area contributed by atoms with Crippen molar-refractivity contribution in [2.75, 3.05) is 6.61 Å². The maximum atomic E-state index is 10.1. The molecule has 1 aromatic carbocycles. The van der Waals surface area contributed by atoms with Gasteiger partial charge in [-0.05, 0) is 30.1 Å². The zero-order valence-corrected chi connectivity index (χ0v) is 14.3. The Morgan fingerprint density at radius 2 is 1.65 bits per heavy atom. The van der Waals surface area contributed by atoms with E-state index < -0.39 is 20.5 Å². The van der Waals surface area contributed by atoms with E-state index in [-0.39, 0.29) is 5.04 Å². The fraction of sp³-hybridized carbons (Fsp3) is 0.625. The molecule has 0 aliphatic heterocycles. The molecule has 3 nitrogen and oxygen atoms in total. The molecule has 0 spiro atoms. The molecule has 2 N–H and O–H groups in total. The molecule has 0 bridgehead atoms. The Morgan fingerprint density at radius 3 is 2.15 bits per heavy atom. The molecular weight excluding hydrogens is 268 g/mol. The van der Waals surface area contributed by atoms with E-state index >= 15 is 0 Å². The van der Waals surface area contributed by atoms with Crippen LogP contribution in [0.15, 0.2) is 30.3 Å². The molecule has 0 radical (unpaired) electrons. The van der Waals surface area contributed by atoms with E-state index in [4.69, 9.17) is 4.43 Å². The summed E-state index contributed by atoms with van der Waals surface area (Å²) in [4.78, 5) is 0. The summed E-state index contributed by atoms with van der Waals surface area (Å²) in [6.45, 7) is 11.4. The quantitative estimate of drug-likeness (QED) is 0.790. The Labute approximate surface area is 123 Å². The van der Waals surface area contributed by atoms with Crippen LogP contribution in [0.3, 0.4) is 0 Å². The van der Waals surface area contributed by atoms with Gasteiger partial charge in [-0.1, -0.05) is 51.1 Å². The molecule has 0 aromatic heterocycles. The van der Waals surface area contributed by atoms with Crippen molar-refractivity contribution >= 4 is 8.32 Å². The minimum absolute atomic E-state index is 0.163. The van der Waals surface area contributed by atoms with Crippen LogP contribution in [0, 0.1) is 0 Å². The third kappa shape index (κ3) is 4.70. The third-order valence-corrected chi connectivity index (χ3v) is 8.73. The van der Waals surface area contributed by atoms with E-state index in [2.05, 4.69) is 33.9 Å². The lowest BCUT2D eigenvalue weighted by molar-refractivity contribution is 0.00518. The predicted molar refractivity (Wildman–Crippen MR) is 85.2 cm³/mol. The summed E-state index contributed by atoms with van der Waals surface area (Å²) in [6, 6.07) is 9.25. The smallest absolute Gasteiger partial charge is 0.191 e. The topological polar surface area (TPSA) is 49.7 Å². The van der Waals surface area contributed by atoms with Gasteiger partial charge in [0.15, 0.2) is 8.32 Å². The Balaban J connectivity index is 2.46.